The molecule has 0 spiro atoms. The molecule has 16 heavy (non-hydrogen) atoms. The van der Waals surface area contributed by atoms with Gasteiger partial charge in [-0.3, -0.25) is 4.79 Å². The van der Waals surface area contributed by atoms with Gasteiger partial charge in [-0.1, -0.05) is 36.9 Å². The molecule has 1 aromatic carbocycles. The van der Waals surface area contributed by atoms with Crippen LogP contribution in [-0.4, -0.2) is 5.78 Å². The van der Waals surface area contributed by atoms with Gasteiger partial charge in [0.1, 0.15) is 0 Å². The Morgan fingerprint density at radius 1 is 1.12 bits per heavy atom. The highest BCUT2D eigenvalue weighted by molar-refractivity contribution is 5.91. The molecule has 1 aliphatic rings. The Labute approximate surface area is 97.2 Å². The van der Waals surface area contributed by atoms with Crippen molar-refractivity contribution in [2.45, 2.75) is 31.6 Å². The zero-order valence-corrected chi connectivity index (χ0v) is 9.56. The molecule has 0 unspecified atom stereocenters. The minimum Gasteiger partial charge on any atom is -0.295 e. The largest absolute Gasteiger partial charge is 0.295 e. The molecule has 0 radical (unpaired) electrons. The van der Waals surface area contributed by atoms with E-state index in [1.54, 1.807) is 0 Å². The second-order valence-electron chi connectivity index (χ2n) is 4.57. The number of carbonyl (C=O) groups is 1. The summed E-state index contributed by atoms with van der Waals surface area (Å²) in [5.41, 5.74) is 1.42. The Balaban J connectivity index is 1.95. The fraction of sp³-hybridized carbons (Fsp3) is 0.400. The molecule has 1 saturated carbocycles. The fourth-order valence-electron chi connectivity index (χ4n) is 2.60. The predicted molar refractivity (Wildman–Crippen MR) is 66.3 cm³/mol. The summed E-state index contributed by atoms with van der Waals surface area (Å²) in [6, 6.07) is 10.6. The van der Waals surface area contributed by atoms with Crippen LogP contribution >= 0.6 is 0 Å². The molecule has 1 aliphatic carbocycles. The van der Waals surface area contributed by atoms with Crippen LogP contribution in [0.3, 0.4) is 0 Å². The Hall–Kier alpha value is -1.37. The number of hydrogen-bond donors (Lipinski definition) is 0. The third-order valence-electron chi connectivity index (χ3n) is 3.60. The molecule has 2 rings (SSSR count). The van der Waals surface area contributed by atoms with Crippen LogP contribution in [0, 0.1) is 5.92 Å². The van der Waals surface area contributed by atoms with Crippen LogP contribution in [0.5, 0.6) is 0 Å². The van der Waals surface area contributed by atoms with Crippen molar-refractivity contribution in [3.63, 3.8) is 0 Å². The monoisotopic (exact) mass is 214 g/mol. The van der Waals surface area contributed by atoms with Crippen molar-refractivity contribution in [2.24, 2.45) is 5.92 Å². The van der Waals surface area contributed by atoms with Crippen molar-refractivity contribution >= 4 is 5.78 Å². The lowest BCUT2D eigenvalue weighted by Crippen LogP contribution is -2.19. The Kier molecular flexibility index (Phi) is 3.55. The van der Waals surface area contributed by atoms with Gasteiger partial charge in [0.25, 0.3) is 0 Å². The summed E-state index contributed by atoms with van der Waals surface area (Å²) >= 11 is 0. The van der Waals surface area contributed by atoms with Crippen molar-refractivity contribution < 1.29 is 4.79 Å². The zero-order valence-electron chi connectivity index (χ0n) is 9.56. The van der Waals surface area contributed by atoms with Gasteiger partial charge in [-0.15, -0.1) is 0 Å². The van der Waals surface area contributed by atoms with E-state index in [1.165, 1.54) is 11.6 Å². The highest BCUT2D eigenvalue weighted by atomic mass is 16.1. The lowest BCUT2D eigenvalue weighted by atomic mass is 9.77. The third kappa shape index (κ3) is 2.41. The summed E-state index contributed by atoms with van der Waals surface area (Å²) in [6.45, 7) is 3.56. The van der Waals surface area contributed by atoms with Crippen molar-refractivity contribution in [3.05, 3.63) is 48.6 Å². The summed E-state index contributed by atoms with van der Waals surface area (Å²) < 4.78 is 0. The van der Waals surface area contributed by atoms with Crippen LogP contribution in [0.2, 0.25) is 0 Å². The average Bonchev–Trinajstić information content (AvgIpc) is 2.39. The topological polar surface area (TPSA) is 17.1 Å². The predicted octanol–water partition coefficient (Wildman–Crippen LogP) is 3.72. The Bertz CT molecular complexity index is 358. The summed E-state index contributed by atoms with van der Waals surface area (Å²) in [6.07, 6.45) is 5.78. The van der Waals surface area contributed by atoms with Crippen molar-refractivity contribution in [2.75, 3.05) is 0 Å². The van der Waals surface area contributed by atoms with Gasteiger partial charge in [0.2, 0.25) is 0 Å². The minimum atomic E-state index is 0.228. The van der Waals surface area contributed by atoms with Crippen molar-refractivity contribution in [1.82, 2.24) is 0 Å². The number of ketones is 1. The van der Waals surface area contributed by atoms with Crippen LogP contribution in [0.4, 0.5) is 0 Å². The summed E-state index contributed by atoms with van der Waals surface area (Å²) in [5.74, 6) is 1.11. The maximum Gasteiger partial charge on any atom is 0.158 e. The molecular weight excluding hydrogens is 196 g/mol. The van der Waals surface area contributed by atoms with Gasteiger partial charge in [-0.05, 0) is 43.2 Å². The van der Waals surface area contributed by atoms with Crippen LogP contribution in [-0.2, 0) is 4.79 Å². The van der Waals surface area contributed by atoms with Crippen LogP contribution in [0.15, 0.2) is 43.0 Å². The lowest BCUT2D eigenvalue weighted by Gasteiger charge is -2.27. The van der Waals surface area contributed by atoms with Gasteiger partial charge >= 0.3 is 0 Å². The van der Waals surface area contributed by atoms with Gasteiger partial charge < -0.3 is 0 Å². The van der Waals surface area contributed by atoms with Crippen LogP contribution < -0.4 is 0 Å². The van der Waals surface area contributed by atoms with E-state index in [9.17, 15) is 4.79 Å². The molecule has 0 aliphatic heterocycles. The molecule has 0 atom stereocenters. The zero-order chi connectivity index (χ0) is 11.4. The maximum atomic E-state index is 11.5. The molecule has 0 heterocycles. The van der Waals surface area contributed by atoms with Crippen molar-refractivity contribution in [1.29, 1.82) is 0 Å². The average molecular weight is 214 g/mol. The van der Waals surface area contributed by atoms with E-state index in [2.05, 4.69) is 36.9 Å². The number of benzene rings is 1. The van der Waals surface area contributed by atoms with E-state index in [-0.39, 0.29) is 11.7 Å². The second kappa shape index (κ2) is 5.11. The molecule has 1 fully saturated rings. The van der Waals surface area contributed by atoms with Crippen LogP contribution in [0.1, 0.15) is 37.2 Å². The maximum absolute atomic E-state index is 11.5. The molecule has 84 valence electrons. The summed E-state index contributed by atoms with van der Waals surface area (Å²) in [5, 5.41) is 0. The molecule has 0 amide bonds. The van der Waals surface area contributed by atoms with E-state index >= 15 is 0 Å². The molecule has 1 heteroatoms. The highest BCUT2D eigenvalue weighted by Crippen LogP contribution is 2.35. The summed E-state index contributed by atoms with van der Waals surface area (Å²) in [4.78, 5) is 11.5. The number of carbonyl (C=O) groups excluding carboxylic acids is 1. The third-order valence-corrected chi connectivity index (χ3v) is 3.60. The van der Waals surface area contributed by atoms with Gasteiger partial charge in [0.05, 0.1) is 0 Å². The van der Waals surface area contributed by atoms with E-state index in [1.807, 2.05) is 0 Å². The quantitative estimate of drug-likeness (QED) is 0.701. The van der Waals surface area contributed by atoms with Gasteiger partial charge in [0, 0.05) is 5.92 Å². The van der Waals surface area contributed by atoms with Crippen molar-refractivity contribution in [3.8, 4) is 0 Å². The molecule has 0 N–H and O–H groups in total. The van der Waals surface area contributed by atoms with E-state index < -0.39 is 0 Å². The van der Waals surface area contributed by atoms with Gasteiger partial charge in [0.15, 0.2) is 5.78 Å². The second-order valence-corrected chi connectivity index (χ2v) is 4.57. The normalized spacial score (nSPS) is 25.0. The molecule has 0 aromatic heterocycles. The Morgan fingerprint density at radius 2 is 1.75 bits per heavy atom. The van der Waals surface area contributed by atoms with E-state index in [0.29, 0.717) is 5.92 Å². The van der Waals surface area contributed by atoms with E-state index in [4.69, 9.17) is 0 Å². The molecule has 0 bridgehead atoms. The fourth-order valence-corrected chi connectivity index (χ4v) is 2.60. The van der Waals surface area contributed by atoms with Gasteiger partial charge in [-0.25, -0.2) is 0 Å². The lowest BCUT2D eigenvalue weighted by molar-refractivity contribution is -0.119. The molecule has 1 aromatic rings. The first-order chi connectivity index (χ1) is 7.81. The minimum absolute atomic E-state index is 0.228. The summed E-state index contributed by atoms with van der Waals surface area (Å²) in [7, 11) is 0. The van der Waals surface area contributed by atoms with E-state index in [0.717, 1.165) is 25.7 Å². The first-order valence-electron chi connectivity index (χ1n) is 6.02. The highest BCUT2D eigenvalue weighted by Gasteiger charge is 2.25. The SMILES string of the molecule is C=CC(=O)C1CCC(c2ccccc2)CC1. The number of hydrogen-bond acceptors (Lipinski definition) is 1. The molecule has 0 saturated heterocycles. The first kappa shape index (κ1) is 11.1. The standard InChI is InChI=1S/C15H18O/c1-2-15(16)14-10-8-13(9-11-14)12-6-4-3-5-7-12/h2-7,13-14H,1,8-11H2. The smallest absolute Gasteiger partial charge is 0.158 e. The Morgan fingerprint density at radius 3 is 2.31 bits per heavy atom. The molecular formula is C15H18O. The van der Waals surface area contributed by atoms with Gasteiger partial charge in [-0.2, -0.15) is 0 Å². The molecule has 1 nitrogen and oxygen atoms in total. The number of allylic oxidation sites excluding steroid dienone is 1. The first-order valence-corrected chi connectivity index (χ1v) is 6.02. The van der Waals surface area contributed by atoms with Crippen LogP contribution in [0.25, 0.3) is 0 Å². The number of rotatable bonds is 3.